The highest BCUT2D eigenvalue weighted by molar-refractivity contribution is 7.86. The second-order valence-corrected chi connectivity index (χ2v) is 16.9. The van der Waals surface area contributed by atoms with Crippen molar-refractivity contribution < 1.29 is 54.6 Å². The van der Waals surface area contributed by atoms with Gasteiger partial charge in [-0.25, -0.2) is 8.78 Å². The van der Waals surface area contributed by atoms with E-state index in [-0.39, 0.29) is 34.9 Å². The molecule has 0 aliphatic carbocycles. The summed E-state index contributed by atoms with van der Waals surface area (Å²) in [7, 11) is -3.28. The summed E-state index contributed by atoms with van der Waals surface area (Å²) in [6.45, 7) is 23.0. The molecule has 1 fully saturated rings. The van der Waals surface area contributed by atoms with Gasteiger partial charge in [0.2, 0.25) is 5.91 Å². The Hall–Kier alpha value is -3.24. The first-order valence-corrected chi connectivity index (χ1v) is 18.9. The molecule has 0 spiro atoms. The highest BCUT2D eigenvalue weighted by Gasteiger charge is 2.34. The minimum absolute atomic E-state index is 0.00842. The summed E-state index contributed by atoms with van der Waals surface area (Å²) in [5.41, 5.74) is -0.904. The molecule has 3 N–H and O–H groups in total. The van der Waals surface area contributed by atoms with Crippen molar-refractivity contribution in [3.63, 3.8) is 0 Å². The Morgan fingerprint density at radius 1 is 0.887 bits per heavy atom. The molecule has 1 saturated heterocycles. The number of rotatable bonds is 12. The number of halogens is 4. The number of aliphatic hydroxyl groups excluding tert-OH is 2. The third-order valence-electron chi connectivity index (χ3n) is 6.51. The van der Waals surface area contributed by atoms with Gasteiger partial charge in [0.1, 0.15) is 24.7 Å². The van der Waals surface area contributed by atoms with Crippen molar-refractivity contribution in [3.8, 4) is 11.5 Å². The molecule has 2 aromatic carbocycles. The quantitative estimate of drug-likeness (QED) is 0.0908. The normalized spacial score (nSPS) is 14.1. The maximum Gasteiger partial charge on any atom is 0.303 e. The van der Waals surface area contributed by atoms with E-state index in [4.69, 9.17) is 14.6 Å². The van der Waals surface area contributed by atoms with Gasteiger partial charge in [-0.2, -0.15) is 17.2 Å². The third-order valence-corrected chi connectivity index (χ3v) is 7.31. The monoisotopic (exact) mass is 780 g/mol. The molecule has 1 aliphatic rings. The van der Waals surface area contributed by atoms with Crippen LogP contribution in [0.2, 0.25) is 0 Å². The zero-order valence-corrected chi connectivity index (χ0v) is 33.8. The van der Waals surface area contributed by atoms with E-state index < -0.39 is 46.9 Å². The van der Waals surface area contributed by atoms with Crippen LogP contribution in [0.25, 0.3) is 0 Å². The van der Waals surface area contributed by atoms with Crippen LogP contribution in [0.5, 0.6) is 11.5 Å². The van der Waals surface area contributed by atoms with Crippen LogP contribution in [0, 0.1) is 0 Å². The Bertz CT molecular complexity index is 1480. The van der Waals surface area contributed by atoms with E-state index in [1.165, 1.54) is 55.6 Å². The molecule has 0 aromatic heterocycles. The molecule has 15 heteroatoms. The third kappa shape index (κ3) is 23.9. The highest BCUT2D eigenvalue weighted by atomic mass is 32.2. The van der Waals surface area contributed by atoms with Gasteiger partial charge in [0.15, 0.2) is 6.61 Å². The Kier molecular flexibility index (Phi) is 19.7. The van der Waals surface area contributed by atoms with Crippen LogP contribution in [-0.4, -0.2) is 97.3 Å². The maximum atomic E-state index is 14.7. The van der Waals surface area contributed by atoms with Crippen molar-refractivity contribution in [1.29, 1.82) is 0 Å². The number of benzene rings is 2. The maximum absolute atomic E-state index is 14.7. The molecule has 1 amide bonds. The number of carbonyl (C=O) groups excluding carboxylic acids is 1. The van der Waals surface area contributed by atoms with Crippen LogP contribution in [0.4, 0.5) is 17.6 Å². The molecule has 1 heterocycles. The summed E-state index contributed by atoms with van der Waals surface area (Å²) >= 11 is 0. The predicted octanol–water partition coefficient (Wildman–Crippen LogP) is 6.93. The van der Waals surface area contributed by atoms with Crippen LogP contribution < -0.4 is 14.8 Å². The summed E-state index contributed by atoms with van der Waals surface area (Å²) in [6, 6.07) is 9.74. The van der Waals surface area contributed by atoms with Crippen LogP contribution in [0.3, 0.4) is 0 Å². The Morgan fingerprint density at radius 3 is 1.57 bits per heavy atom. The van der Waals surface area contributed by atoms with Crippen molar-refractivity contribution in [2.75, 3.05) is 39.2 Å². The second-order valence-electron chi connectivity index (χ2n) is 15.3. The molecular weight excluding hydrogens is 720 g/mol. The first-order valence-electron chi connectivity index (χ1n) is 17.1. The highest BCUT2D eigenvalue weighted by Crippen LogP contribution is 2.37. The Morgan fingerprint density at radius 2 is 1.32 bits per heavy atom. The molecule has 53 heavy (non-hydrogen) atoms. The molecule has 0 saturated carbocycles. The Balaban J connectivity index is 0.000000871. The molecule has 0 radical (unpaired) electrons. The topological polar surface area (TPSA) is 134 Å². The molecule has 304 valence electrons. The molecule has 1 atom stereocenters. The number of nitrogens with one attached hydrogen (secondary N) is 1. The lowest BCUT2D eigenvalue weighted by atomic mass is 10.0. The minimum atomic E-state index is -3.40. The Labute approximate surface area is 313 Å². The fraction of sp³-hybridized carbons (Fsp3) is 0.605. The lowest BCUT2D eigenvalue weighted by molar-refractivity contribution is -0.117. The average molecular weight is 781 g/mol. The average Bonchev–Trinajstić information content (AvgIpc) is 3.88. The molecular formula is C38H60F4N2O8S. The van der Waals surface area contributed by atoms with Crippen molar-refractivity contribution in [2.45, 2.75) is 110 Å². The van der Waals surface area contributed by atoms with Gasteiger partial charge in [-0.05, 0) is 123 Å². The molecule has 2 aromatic rings. The van der Waals surface area contributed by atoms with Gasteiger partial charge < -0.3 is 25.0 Å². The van der Waals surface area contributed by atoms with Gasteiger partial charge in [0.05, 0.1) is 18.0 Å². The predicted molar refractivity (Wildman–Crippen MR) is 200 cm³/mol. The number of amides is 1. The number of carbonyl (C=O) groups is 1. The van der Waals surface area contributed by atoms with Crippen molar-refractivity contribution in [2.24, 2.45) is 0 Å². The van der Waals surface area contributed by atoms with E-state index in [0.717, 1.165) is 18.4 Å². The van der Waals surface area contributed by atoms with Gasteiger partial charge in [-0.1, -0.05) is 13.5 Å². The van der Waals surface area contributed by atoms with Crippen molar-refractivity contribution in [3.05, 3.63) is 72.3 Å². The first kappa shape index (κ1) is 49.8. The van der Waals surface area contributed by atoms with Gasteiger partial charge in [0.25, 0.3) is 16.0 Å². The largest absolute Gasteiger partial charge is 0.491 e. The zero-order chi connectivity index (χ0) is 41.5. The van der Waals surface area contributed by atoms with E-state index in [9.17, 15) is 35.9 Å². The molecule has 1 aliphatic heterocycles. The number of ether oxygens (including phenoxy) is 2. The summed E-state index contributed by atoms with van der Waals surface area (Å²) in [5.74, 6) is -6.48. The SMILES string of the molecule is C=CC(=O)NC(C)(C)C.CC(C)(C)N1CC1.CC(C)(C)OS(C)(=O)=O.CCC(O)COc1ccc(C(F)(F)c2ccc(OCC(F)(F)CO)cc2)cc1. The van der Waals surface area contributed by atoms with Crippen LogP contribution in [0.15, 0.2) is 61.2 Å². The lowest BCUT2D eigenvalue weighted by Gasteiger charge is -2.19. The van der Waals surface area contributed by atoms with E-state index in [1.54, 1.807) is 27.7 Å². The van der Waals surface area contributed by atoms with Crippen LogP contribution in [0.1, 0.15) is 86.8 Å². The number of nitrogens with zero attached hydrogens (tertiary/aromatic N) is 1. The van der Waals surface area contributed by atoms with E-state index in [2.05, 4.69) is 41.7 Å². The van der Waals surface area contributed by atoms with E-state index in [1.807, 2.05) is 20.8 Å². The summed E-state index contributed by atoms with van der Waals surface area (Å²) in [4.78, 5) is 13.0. The second kappa shape index (κ2) is 21.0. The number of hydrogen-bond acceptors (Lipinski definition) is 9. The minimum Gasteiger partial charge on any atom is -0.491 e. The smallest absolute Gasteiger partial charge is 0.303 e. The van der Waals surface area contributed by atoms with Gasteiger partial charge in [-0.15, -0.1) is 0 Å². The van der Waals surface area contributed by atoms with E-state index >= 15 is 0 Å². The molecule has 0 bridgehead atoms. The molecule has 10 nitrogen and oxygen atoms in total. The van der Waals surface area contributed by atoms with Crippen molar-refractivity contribution in [1.82, 2.24) is 10.2 Å². The van der Waals surface area contributed by atoms with Crippen LogP contribution in [-0.2, 0) is 25.0 Å². The van der Waals surface area contributed by atoms with Gasteiger partial charge in [0, 0.05) is 35.3 Å². The lowest BCUT2D eigenvalue weighted by Crippen LogP contribution is -2.39. The summed E-state index contributed by atoms with van der Waals surface area (Å²) in [6.07, 6.45) is 2.20. The molecule has 3 rings (SSSR count). The number of hydrogen-bond donors (Lipinski definition) is 3. The fourth-order valence-electron chi connectivity index (χ4n) is 3.83. The van der Waals surface area contributed by atoms with Crippen molar-refractivity contribution >= 4 is 16.0 Å². The van der Waals surface area contributed by atoms with E-state index in [0.29, 0.717) is 17.7 Å². The van der Waals surface area contributed by atoms with Gasteiger partial charge >= 0.3 is 5.92 Å². The number of aliphatic hydroxyl groups is 2. The number of alkyl halides is 4. The standard InChI is InChI=1S/C20H22F4O4.C7H13NO.C6H13N.C5H12O3S/c1-2-16(26)11-27-17-7-3-14(4-8-17)20(23,24)15-5-9-18(10-6-15)28-13-19(21,22)12-25;1-5-6(9)8-7(2,3)4;1-6(2,3)7-4-5-7;1-5(2,3)8-9(4,6)7/h3-10,16,25-26H,2,11-13H2,1H3;5H,1H2,2-4H3,(H,8,9);4-5H2,1-3H3;1-4H3. The molecule has 1 unspecified atom stereocenters. The van der Waals surface area contributed by atoms with Crippen LogP contribution >= 0.6 is 0 Å². The zero-order valence-electron chi connectivity index (χ0n) is 32.9. The summed E-state index contributed by atoms with van der Waals surface area (Å²) in [5, 5.41) is 20.7. The summed E-state index contributed by atoms with van der Waals surface area (Å²) < 4.78 is 90.9. The fourth-order valence-corrected chi connectivity index (χ4v) is 4.74. The van der Waals surface area contributed by atoms with Gasteiger partial charge in [-0.3, -0.25) is 13.9 Å². The first-order chi connectivity index (χ1) is 23.9.